The largest absolute Gasteiger partial charge is 0.339 e. The van der Waals surface area contributed by atoms with E-state index in [1.807, 2.05) is 123 Å². The zero-order valence-corrected chi connectivity index (χ0v) is 89.6. The van der Waals surface area contributed by atoms with E-state index in [2.05, 4.69) is 276 Å². The van der Waals surface area contributed by atoms with E-state index in [1.54, 1.807) is 76.5 Å². The van der Waals surface area contributed by atoms with Crippen LogP contribution in [0.1, 0.15) is 156 Å². The monoisotopic (exact) mass is 2080 g/mol. The highest BCUT2D eigenvalue weighted by atomic mass is 32.1. The van der Waals surface area contributed by atoms with E-state index < -0.39 is 0 Å². The molecular weight excluding hydrogens is 1950 g/mol. The highest BCUT2D eigenvalue weighted by molar-refractivity contribution is 7.16. The highest BCUT2D eigenvalue weighted by Crippen LogP contribution is 2.44. The van der Waals surface area contributed by atoms with E-state index in [4.69, 9.17) is 24.9 Å². The number of nitrogens with zero attached hydrogens (tertiary/aromatic N) is 30. The summed E-state index contributed by atoms with van der Waals surface area (Å²) in [5.74, 6) is 11.3. The summed E-state index contributed by atoms with van der Waals surface area (Å²) in [5, 5.41) is 18.6. The third kappa shape index (κ3) is 32.4. The third-order valence-corrected chi connectivity index (χ3v) is 28.9. The fourth-order valence-corrected chi connectivity index (χ4v) is 19.0. The van der Waals surface area contributed by atoms with Gasteiger partial charge in [0.2, 0.25) is 59.5 Å². The lowest BCUT2D eigenvalue weighted by atomic mass is 10.1. The van der Waals surface area contributed by atoms with E-state index in [0.29, 0.717) is 118 Å². The molecule has 5 N–H and O–H groups in total. The van der Waals surface area contributed by atoms with Gasteiger partial charge < -0.3 is 59.6 Å². The fourth-order valence-electron chi connectivity index (χ4n) is 16.4. The van der Waals surface area contributed by atoms with E-state index >= 15 is 0 Å². The Hall–Kier alpha value is -14.8. The minimum atomic E-state index is -0.281. The number of aryl methyl sites for hydroxylation is 1. The molecule has 1 saturated carbocycles. The number of aromatic nitrogens is 18. The lowest BCUT2D eigenvalue weighted by molar-refractivity contribution is 0.311. The smallest absolute Gasteiger partial charge is 0.234 e. The quantitative estimate of drug-likeness (QED) is 0.0336. The lowest BCUT2D eigenvalue weighted by Gasteiger charge is -2.32. The summed E-state index contributed by atoms with van der Waals surface area (Å²) in [6.07, 6.45) is 32.3. The van der Waals surface area contributed by atoms with Gasteiger partial charge in [0.05, 0.1) is 13.1 Å². The molecule has 0 radical (unpaired) electrons. The van der Waals surface area contributed by atoms with Crippen molar-refractivity contribution in [1.29, 1.82) is 0 Å². The van der Waals surface area contributed by atoms with Crippen molar-refractivity contribution in [3.05, 3.63) is 264 Å². The van der Waals surface area contributed by atoms with Crippen molar-refractivity contribution in [2.75, 3.05) is 230 Å². The highest BCUT2D eigenvalue weighted by Gasteiger charge is 2.29. The Morgan fingerprint density at radius 2 is 0.653 bits per heavy atom. The van der Waals surface area contributed by atoms with Gasteiger partial charge in [0.25, 0.3) is 0 Å². The molecule has 1 aliphatic carbocycles. The van der Waals surface area contributed by atoms with Gasteiger partial charge in [-0.1, -0.05) is 173 Å². The molecule has 778 valence electrons. The predicted octanol–water partition coefficient (Wildman–Crippen LogP) is 18.2. The molecule has 0 spiro atoms. The molecule has 0 atom stereocenters. The number of benzene rings is 5. The Kier molecular flexibility index (Phi) is 37.2. The van der Waals surface area contributed by atoms with Crippen molar-refractivity contribution in [3.63, 3.8) is 0 Å². The number of anilines is 13. The molecule has 35 nitrogen and oxygen atoms in total. The summed E-state index contributed by atoms with van der Waals surface area (Å²) in [4.78, 5) is 118. The molecule has 0 amide bonds. The van der Waals surface area contributed by atoms with Crippen molar-refractivity contribution < 1.29 is 8.78 Å². The number of aliphatic imine (C=N–C) groups is 2. The summed E-state index contributed by atoms with van der Waals surface area (Å²) < 4.78 is 27.5. The minimum Gasteiger partial charge on any atom is -0.339 e. The molecule has 21 rings (SSSR count). The first kappa shape index (κ1) is 107. The minimum absolute atomic E-state index is 0.274. The number of rotatable bonds is 26. The van der Waals surface area contributed by atoms with Gasteiger partial charge in [-0.25, -0.2) is 23.7 Å². The van der Waals surface area contributed by atoms with Crippen molar-refractivity contribution >= 4 is 181 Å². The normalized spacial score (nSPS) is 16.7. The number of nitrogens with one attached hydrogen (secondary N) is 5. The molecule has 5 saturated heterocycles. The van der Waals surface area contributed by atoms with E-state index in [9.17, 15) is 8.78 Å². The van der Waals surface area contributed by atoms with Crippen molar-refractivity contribution in [1.82, 2.24) is 114 Å². The zero-order chi connectivity index (χ0) is 104. The van der Waals surface area contributed by atoms with Crippen molar-refractivity contribution in [3.8, 4) is 0 Å². The Balaban J connectivity index is 0.000000128. The summed E-state index contributed by atoms with van der Waals surface area (Å²) in [7, 11) is 10.7. The van der Waals surface area contributed by atoms with Crippen LogP contribution in [0.2, 0.25) is 0 Å². The van der Waals surface area contributed by atoms with Crippen LogP contribution in [0, 0.1) is 18.6 Å². The number of likely N-dealkylation sites (N-methyl/N-ethyl adjacent to an activating group) is 5. The van der Waals surface area contributed by atoms with Crippen LogP contribution >= 0.6 is 34.0 Å². The second-order valence-corrected chi connectivity index (χ2v) is 41.9. The van der Waals surface area contributed by atoms with Crippen LogP contribution in [0.25, 0.3) is 60.8 Å². The first-order valence-electron chi connectivity index (χ1n) is 51.1. The first-order valence-corrected chi connectivity index (χ1v) is 53.5. The van der Waals surface area contributed by atoms with Gasteiger partial charge in [-0.2, -0.15) is 74.8 Å². The van der Waals surface area contributed by atoms with Crippen LogP contribution in [-0.4, -0.2) is 305 Å². The van der Waals surface area contributed by atoms with Crippen LogP contribution in [0.3, 0.4) is 0 Å². The summed E-state index contributed by atoms with van der Waals surface area (Å²) >= 11 is 4.92. The molecule has 5 aromatic carbocycles. The third-order valence-electron chi connectivity index (χ3n) is 25.4. The fraction of sp³-hybridized carbons (Fsp3) is 0.364. The molecule has 150 heavy (non-hydrogen) atoms. The Morgan fingerprint density at radius 3 is 1.01 bits per heavy atom. The molecule has 7 aliphatic heterocycles. The summed E-state index contributed by atoms with van der Waals surface area (Å²) in [6.45, 7) is 34.9. The van der Waals surface area contributed by atoms with E-state index in [0.717, 1.165) is 193 Å². The second-order valence-electron chi connectivity index (χ2n) is 38.7. The van der Waals surface area contributed by atoms with Crippen LogP contribution in [0.15, 0.2) is 185 Å². The average molecular weight is 2080 g/mol. The van der Waals surface area contributed by atoms with Crippen LogP contribution < -0.4 is 51.1 Å². The maximum Gasteiger partial charge on any atom is 0.234 e. The zero-order valence-electron chi connectivity index (χ0n) is 87.2. The molecule has 13 aromatic rings. The molecule has 0 bridgehead atoms. The maximum absolute atomic E-state index is 13.9. The van der Waals surface area contributed by atoms with Gasteiger partial charge in [0, 0.05) is 163 Å². The molecular formula is C110H131F2N35S3. The number of amidine groups is 2. The van der Waals surface area contributed by atoms with Gasteiger partial charge in [-0.3, -0.25) is 25.9 Å². The number of hydrogen-bond acceptors (Lipinski definition) is 38. The Bertz CT molecular complexity index is 6790. The van der Waals surface area contributed by atoms with Gasteiger partial charge in [-0.05, 0) is 200 Å². The molecule has 8 aliphatic rings. The van der Waals surface area contributed by atoms with Gasteiger partial charge in [0.15, 0.2) is 44.5 Å². The maximum atomic E-state index is 13.9. The molecule has 6 fully saturated rings. The number of thiazole rings is 3. The molecule has 15 heterocycles. The molecule has 8 aromatic heterocycles. The Labute approximate surface area is 888 Å². The van der Waals surface area contributed by atoms with E-state index in [-0.39, 0.29) is 11.6 Å². The Morgan fingerprint density at radius 1 is 0.320 bits per heavy atom. The molecule has 0 unspecified atom stereocenters. The standard InChI is InChI=1S/C23H28FN7S.C22H25N7S.C22H27N7S.C22H27N7.C21H24FN7/c1-16(2)19-15-25-23(32-19)29-21-26-20(9-8-17-6-4-7-18(24)14-17)27-22(28-21)31-11-5-10-30(3)12-13-31;1-28-11-13-29(14-12-28)21-25-19(10-7-16-5-3-2-4-6-16)24-20(26-21)27-22-23-15-18(30-22)17-8-9-17;1-16(2)18-15-23-22(30-18)27-20-24-19(10-9-17-7-5-4-6-8-17)25-21(26-20)29-13-11-28(3)12-14-29;1-16-5-4-6-18(13-16)7-8-19-24-21(25-20-14-17(2)15-23-20)27-22(26-19)29-11-9-28(3)10-12-29;1-15-13-19(23-14-15)25-20-24-18(8-7-16-5-3-4-6-17(16)22)26-21(27-20)29-11-9-28(2)10-12-29/h4,6-9,14-16H,5,10-13H2,1-3H3,(H,25,26,27,28,29);2-7,10,15,17H,8-9,11-14H2,1H3,(H,23,24,25,26,27);4-10,15-16H,11-14H2,1-3H3,(H,23,24,25,26,27);4-8,13-14H,9-12,15H2,1-3H3,(H,23,24,25,26,27);3-8,13H,9-12,14H2,1-2H3,(H,23,24,25,26,27)/b9-8+;10-7+;10-9+;2*8-7+. The van der Waals surface area contributed by atoms with Gasteiger partial charge >= 0.3 is 0 Å². The summed E-state index contributed by atoms with van der Waals surface area (Å²) in [6, 6.07) is 41.7. The van der Waals surface area contributed by atoms with Crippen molar-refractivity contribution in [2.45, 2.75) is 85.5 Å². The molecule has 40 heteroatoms. The van der Waals surface area contributed by atoms with Crippen molar-refractivity contribution in [2.24, 2.45) is 9.98 Å². The van der Waals surface area contributed by atoms with Gasteiger partial charge in [0.1, 0.15) is 23.3 Å². The topological polar surface area (TPSA) is 349 Å². The van der Waals surface area contributed by atoms with E-state index in [1.165, 1.54) is 62.4 Å². The SMILES string of the molecule is CC(C)c1cnc(Nc2nc(/C=C/c3cccc(F)c3)nc(N3CCCN(C)CC3)n2)s1.CC(C)c1cnc(Nc2nc(/C=C/c3ccccc3)nc(N3CCN(C)CC3)n2)s1.CC1=CC(Nc2nc(/C=C/c3cccc(C)c3)nc(N3CCN(C)CC3)n2)=NC1.CC1=CC(Nc2nc(/C=C/c3ccccc3F)nc(N3CCN(C)CC3)n2)=NC1.CN1CCN(c2nc(/C=C/c3ccccc3)nc(Nc3ncc(C4CC4)s3)n2)CC1. The number of hydrogen-bond donors (Lipinski definition) is 5. The predicted molar refractivity (Wildman–Crippen MR) is 610 cm³/mol. The van der Waals surface area contributed by atoms with Crippen LogP contribution in [0.4, 0.5) is 83.7 Å². The average Bonchev–Trinajstić information content (AvgIpc) is 1.67. The van der Waals surface area contributed by atoms with Crippen LogP contribution in [-0.2, 0) is 0 Å². The lowest BCUT2D eigenvalue weighted by Crippen LogP contribution is -2.45. The summed E-state index contributed by atoms with van der Waals surface area (Å²) in [5.41, 5.74) is 8.21. The second kappa shape index (κ2) is 52.4. The van der Waals surface area contributed by atoms with Crippen LogP contribution in [0.5, 0.6) is 0 Å². The first-order chi connectivity index (χ1) is 72.9. The number of halogens is 2. The van der Waals surface area contributed by atoms with Gasteiger partial charge in [-0.15, -0.1) is 34.0 Å². The number of piperazine rings is 4.